The van der Waals surface area contributed by atoms with Crippen molar-refractivity contribution >= 4 is 17.8 Å². The van der Waals surface area contributed by atoms with Crippen LogP contribution in [0.4, 0.5) is 0 Å². The topological polar surface area (TPSA) is 169 Å². The van der Waals surface area contributed by atoms with Crippen LogP contribution in [0, 0.1) is 5.92 Å². The summed E-state index contributed by atoms with van der Waals surface area (Å²) in [6, 6.07) is -2.88. The number of carboxylic acid groups (broad SMARTS) is 1. The second kappa shape index (κ2) is 8.92. The van der Waals surface area contributed by atoms with Crippen LogP contribution in [0.5, 0.6) is 0 Å². The molecule has 11 nitrogen and oxygen atoms in total. The van der Waals surface area contributed by atoms with Crippen molar-refractivity contribution in [3.05, 3.63) is 0 Å². The van der Waals surface area contributed by atoms with Gasteiger partial charge in [0.25, 0.3) is 0 Å². The molecule has 11 heteroatoms. The molecule has 2 saturated heterocycles. The van der Waals surface area contributed by atoms with E-state index in [0.717, 1.165) is 0 Å². The fourth-order valence-electron chi connectivity index (χ4n) is 3.33. The number of carboxylic acids is 1. The number of nitrogens with one attached hydrogen (secondary N) is 2. The maximum atomic E-state index is 12.4. The van der Waals surface area contributed by atoms with Gasteiger partial charge in [-0.25, -0.2) is 0 Å². The lowest BCUT2D eigenvalue weighted by Crippen LogP contribution is -2.54. The number of ether oxygens (including phenoxy) is 3. The lowest BCUT2D eigenvalue weighted by atomic mass is 9.99. The van der Waals surface area contributed by atoms with Crippen LogP contribution < -0.4 is 16.4 Å². The van der Waals surface area contributed by atoms with Gasteiger partial charge in [0.05, 0.1) is 0 Å². The number of hydrogen-bond donors (Lipinski definition) is 5. The highest BCUT2D eigenvalue weighted by Gasteiger charge is 2.55. The summed E-state index contributed by atoms with van der Waals surface area (Å²) in [5.74, 6) is -3.47. The Hall–Kier alpha value is -1.79. The van der Waals surface area contributed by atoms with Crippen LogP contribution in [-0.2, 0) is 28.6 Å². The zero-order chi connectivity index (χ0) is 22.1. The van der Waals surface area contributed by atoms with Gasteiger partial charge in [-0.1, -0.05) is 13.8 Å². The molecule has 2 aliphatic heterocycles. The Morgan fingerprint density at radius 3 is 2.28 bits per heavy atom. The number of fused-ring (bicyclic) bond motifs is 1. The molecule has 1 unspecified atom stereocenters. The van der Waals surface area contributed by atoms with Crippen molar-refractivity contribution in [1.29, 1.82) is 0 Å². The van der Waals surface area contributed by atoms with Crippen LogP contribution >= 0.6 is 0 Å². The number of aliphatic hydroxyl groups is 1. The normalized spacial score (nSPS) is 31.0. The van der Waals surface area contributed by atoms with E-state index in [1.54, 1.807) is 27.7 Å². The molecule has 0 spiro atoms. The van der Waals surface area contributed by atoms with Gasteiger partial charge in [0, 0.05) is 12.5 Å². The number of aliphatic carboxylic acids is 1. The van der Waals surface area contributed by atoms with Crippen molar-refractivity contribution in [3.63, 3.8) is 0 Å². The van der Waals surface area contributed by atoms with Crippen molar-refractivity contribution in [3.8, 4) is 0 Å². The minimum atomic E-state index is -1.18. The van der Waals surface area contributed by atoms with Crippen molar-refractivity contribution in [1.82, 2.24) is 10.6 Å². The van der Waals surface area contributed by atoms with Gasteiger partial charge in [-0.05, 0) is 26.7 Å². The van der Waals surface area contributed by atoms with Crippen LogP contribution in [0.25, 0.3) is 0 Å². The fraction of sp³-hybridized carbons (Fsp3) is 0.833. The van der Waals surface area contributed by atoms with Crippen LogP contribution in [0.2, 0.25) is 0 Å². The number of aliphatic hydroxyl groups excluding tert-OH is 1. The number of carbonyl (C=O) groups is 3. The van der Waals surface area contributed by atoms with Gasteiger partial charge in [0.15, 0.2) is 12.1 Å². The molecule has 2 rings (SSSR count). The van der Waals surface area contributed by atoms with Gasteiger partial charge in [-0.15, -0.1) is 0 Å². The Labute approximate surface area is 169 Å². The predicted molar refractivity (Wildman–Crippen MR) is 99.3 cm³/mol. The van der Waals surface area contributed by atoms with E-state index in [4.69, 9.17) is 25.1 Å². The highest BCUT2D eigenvalue weighted by molar-refractivity contribution is 5.90. The van der Waals surface area contributed by atoms with Crippen LogP contribution in [0.1, 0.15) is 41.0 Å². The summed E-state index contributed by atoms with van der Waals surface area (Å²) in [6.07, 6.45) is -3.62. The largest absolute Gasteiger partial charge is 0.480 e. The minimum Gasteiger partial charge on any atom is -0.480 e. The Morgan fingerprint density at radius 1 is 1.14 bits per heavy atom. The molecular formula is C18H31N3O8. The third-order valence-corrected chi connectivity index (χ3v) is 4.89. The summed E-state index contributed by atoms with van der Waals surface area (Å²) in [7, 11) is 0. The van der Waals surface area contributed by atoms with E-state index in [2.05, 4.69) is 10.6 Å². The summed E-state index contributed by atoms with van der Waals surface area (Å²) >= 11 is 0. The quantitative estimate of drug-likeness (QED) is 0.321. The van der Waals surface area contributed by atoms with Crippen molar-refractivity contribution in [2.24, 2.45) is 11.7 Å². The first-order chi connectivity index (χ1) is 13.3. The molecule has 0 aromatic heterocycles. The summed E-state index contributed by atoms with van der Waals surface area (Å²) in [5, 5.41) is 24.2. The van der Waals surface area contributed by atoms with Gasteiger partial charge in [0.1, 0.15) is 30.4 Å². The Kier molecular flexibility index (Phi) is 7.23. The summed E-state index contributed by atoms with van der Waals surface area (Å²) in [4.78, 5) is 35.6. The summed E-state index contributed by atoms with van der Waals surface area (Å²) in [5.41, 5.74) is 6.05. The second-order valence-electron chi connectivity index (χ2n) is 8.29. The van der Waals surface area contributed by atoms with E-state index < -0.39 is 66.3 Å². The second-order valence-corrected chi connectivity index (χ2v) is 8.29. The molecular weight excluding hydrogens is 386 g/mol. The van der Waals surface area contributed by atoms with Gasteiger partial charge in [-0.2, -0.15) is 0 Å². The molecule has 6 N–H and O–H groups in total. The maximum absolute atomic E-state index is 12.4. The highest BCUT2D eigenvalue weighted by Crippen LogP contribution is 2.38. The smallest absolute Gasteiger partial charge is 0.325 e. The monoisotopic (exact) mass is 417 g/mol. The molecule has 2 aliphatic rings. The number of amides is 2. The number of nitrogens with two attached hydrogens (primary N) is 1. The van der Waals surface area contributed by atoms with E-state index in [1.165, 1.54) is 6.92 Å². The molecule has 0 aromatic carbocycles. The molecule has 166 valence electrons. The van der Waals surface area contributed by atoms with Gasteiger partial charge in [-0.3, -0.25) is 14.4 Å². The molecule has 0 bridgehead atoms. The number of hydrogen-bond acceptors (Lipinski definition) is 8. The van der Waals surface area contributed by atoms with Crippen LogP contribution in [0.15, 0.2) is 0 Å². The zero-order valence-corrected chi connectivity index (χ0v) is 17.2. The Bertz CT molecular complexity index is 641. The molecule has 2 fully saturated rings. The van der Waals surface area contributed by atoms with E-state index in [1.807, 2.05) is 0 Å². The van der Waals surface area contributed by atoms with Gasteiger partial charge < -0.3 is 40.8 Å². The Morgan fingerprint density at radius 2 is 1.76 bits per heavy atom. The molecule has 0 saturated carbocycles. The molecule has 2 heterocycles. The molecule has 0 aliphatic carbocycles. The van der Waals surface area contributed by atoms with Gasteiger partial charge in [0.2, 0.25) is 11.8 Å². The van der Waals surface area contributed by atoms with E-state index in [9.17, 15) is 19.5 Å². The molecule has 7 atom stereocenters. The van der Waals surface area contributed by atoms with E-state index in [0.29, 0.717) is 0 Å². The molecule has 0 aromatic rings. The summed E-state index contributed by atoms with van der Waals surface area (Å²) < 4.78 is 16.8. The first kappa shape index (κ1) is 23.5. The third kappa shape index (κ3) is 5.64. The van der Waals surface area contributed by atoms with Crippen LogP contribution in [0.3, 0.4) is 0 Å². The SMILES string of the molecule is CC(C)[C@H](NC(=O)C[C@H](N)C1O[C@@H]2OC(C)(C)O[C@@H]2[C@H]1O)C(=O)N[C@@H](C)C(=O)O. The third-order valence-electron chi connectivity index (χ3n) is 4.89. The van der Waals surface area contributed by atoms with Gasteiger partial charge >= 0.3 is 5.97 Å². The lowest BCUT2D eigenvalue weighted by molar-refractivity contribution is -0.217. The number of rotatable bonds is 8. The first-order valence-corrected chi connectivity index (χ1v) is 9.59. The van der Waals surface area contributed by atoms with Crippen molar-refractivity contribution < 1.29 is 38.8 Å². The highest BCUT2D eigenvalue weighted by atomic mass is 16.8. The average molecular weight is 417 g/mol. The molecule has 2 amide bonds. The van der Waals surface area contributed by atoms with E-state index in [-0.39, 0.29) is 12.3 Å². The Balaban J connectivity index is 1.91. The first-order valence-electron chi connectivity index (χ1n) is 9.59. The summed E-state index contributed by atoms with van der Waals surface area (Å²) in [6.45, 7) is 8.17. The van der Waals surface area contributed by atoms with Crippen LogP contribution in [-0.4, -0.2) is 76.5 Å². The van der Waals surface area contributed by atoms with E-state index >= 15 is 0 Å². The average Bonchev–Trinajstić information content (AvgIpc) is 3.05. The molecule has 0 radical (unpaired) electrons. The number of carbonyl (C=O) groups excluding carboxylic acids is 2. The predicted octanol–water partition coefficient (Wildman–Crippen LogP) is -1.33. The molecule has 29 heavy (non-hydrogen) atoms. The lowest BCUT2D eigenvalue weighted by Gasteiger charge is -2.27. The van der Waals surface area contributed by atoms with Crippen molar-refractivity contribution in [2.45, 2.75) is 89.6 Å². The zero-order valence-electron chi connectivity index (χ0n) is 17.2. The minimum absolute atomic E-state index is 0.213. The standard InChI is InChI=1S/C18H31N3O8/c1-7(2)11(15(24)20-8(3)16(25)26)21-10(22)6-9(19)13-12(23)14-17(27-13)29-18(4,5)28-14/h7-9,11-14,17,23H,6,19H2,1-5H3,(H,20,24)(H,21,22)(H,25,26)/t8-,9-,11-,12-,13?,14+,17+/m0/s1. The fourth-order valence-corrected chi connectivity index (χ4v) is 3.33. The maximum Gasteiger partial charge on any atom is 0.325 e. The van der Waals surface area contributed by atoms with Crippen molar-refractivity contribution in [2.75, 3.05) is 0 Å².